The second kappa shape index (κ2) is 4.99. The molecule has 2 N–H and O–H groups in total. The van der Waals surface area contributed by atoms with E-state index in [9.17, 15) is 5.11 Å². The van der Waals surface area contributed by atoms with Gasteiger partial charge in [0, 0.05) is 19.6 Å². The van der Waals surface area contributed by atoms with Crippen LogP contribution in [0.3, 0.4) is 0 Å². The van der Waals surface area contributed by atoms with Crippen molar-refractivity contribution in [2.24, 2.45) is 0 Å². The molecule has 1 atom stereocenters. The van der Waals surface area contributed by atoms with Crippen molar-refractivity contribution in [1.29, 1.82) is 0 Å². The highest BCUT2D eigenvalue weighted by atomic mass is 35.5. The summed E-state index contributed by atoms with van der Waals surface area (Å²) in [6.45, 7) is 1.14. The number of rotatable bonds is 4. The van der Waals surface area contributed by atoms with Crippen LogP contribution in [-0.2, 0) is 4.74 Å². The normalized spacial score (nSPS) is 23.7. The number of nitrogens with one attached hydrogen (secondary N) is 1. The molecule has 0 aromatic carbocycles. The molecule has 0 amide bonds. The van der Waals surface area contributed by atoms with E-state index in [4.69, 9.17) is 21.1 Å². The molecule has 8 heteroatoms. The lowest BCUT2D eigenvalue weighted by Gasteiger charge is -2.20. The average Bonchev–Trinajstić information content (AvgIpc) is 2.73. The van der Waals surface area contributed by atoms with Crippen LogP contribution in [0.5, 0.6) is 6.01 Å². The Kier molecular flexibility index (Phi) is 3.60. The molecule has 1 aromatic rings. The Morgan fingerprint density at radius 1 is 1.53 bits per heavy atom. The molecule has 1 aliphatic rings. The van der Waals surface area contributed by atoms with Crippen molar-refractivity contribution in [1.82, 2.24) is 15.0 Å². The van der Waals surface area contributed by atoms with Gasteiger partial charge in [-0.15, -0.1) is 0 Å². The van der Waals surface area contributed by atoms with E-state index >= 15 is 0 Å². The first-order chi connectivity index (χ1) is 8.11. The number of nitrogens with zero attached hydrogens (tertiary/aromatic N) is 3. The van der Waals surface area contributed by atoms with Crippen LogP contribution < -0.4 is 10.1 Å². The fraction of sp³-hybridized carbons (Fsp3) is 0.667. The summed E-state index contributed by atoms with van der Waals surface area (Å²) in [5.74, 6) is 0.266. The van der Waals surface area contributed by atoms with Gasteiger partial charge in [0.1, 0.15) is 5.60 Å². The minimum atomic E-state index is -0.883. The molecule has 2 heterocycles. The van der Waals surface area contributed by atoms with Crippen LogP contribution >= 0.6 is 11.6 Å². The van der Waals surface area contributed by atoms with Crippen LogP contribution in [0.15, 0.2) is 0 Å². The Morgan fingerprint density at radius 2 is 2.35 bits per heavy atom. The first-order valence-electron chi connectivity index (χ1n) is 5.11. The summed E-state index contributed by atoms with van der Waals surface area (Å²) in [4.78, 5) is 11.6. The number of ether oxygens (including phenoxy) is 2. The second-order valence-corrected chi connectivity index (χ2v) is 4.13. The Labute approximate surface area is 103 Å². The van der Waals surface area contributed by atoms with Gasteiger partial charge in [-0.3, -0.25) is 0 Å². The Morgan fingerprint density at radius 3 is 3.00 bits per heavy atom. The highest BCUT2D eigenvalue weighted by Crippen LogP contribution is 2.19. The molecule has 2 rings (SSSR count). The van der Waals surface area contributed by atoms with Crippen LogP contribution in [0.25, 0.3) is 0 Å². The van der Waals surface area contributed by atoms with Crippen LogP contribution in [0, 0.1) is 0 Å². The largest absolute Gasteiger partial charge is 0.467 e. The molecule has 0 spiro atoms. The molecule has 1 saturated heterocycles. The molecule has 0 saturated carbocycles. The first-order valence-corrected chi connectivity index (χ1v) is 5.49. The summed E-state index contributed by atoms with van der Waals surface area (Å²) < 4.78 is 9.98. The quantitative estimate of drug-likeness (QED) is 0.793. The Hall–Kier alpha value is -1.18. The number of methoxy groups -OCH3 is 1. The van der Waals surface area contributed by atoms with Gasteiger partial charge in [-0.25, -0.2) is 0 Å². The lowest BCUT2D eigenvalue weighted by Crippen LogP contribution is -2.37. The molecule has 0 aliphatic carbocycles. The number of anilines is 1. The highest BCUT2D eigenvalue weighted by Gasteiger charge is 2.32. The van der Waals surface area contributed by atoms with Crippen LogP contribution in [0.2, 0.25) is 5.28 Å². The zero-order valence-electron chi connectivity index (χ0n) is 9.31. The molecule has 0 radical (unpaired) electrons. The molecule has 94 valence electrons. The summed E-state index contributed by atoms with van der Waals surface area (Å²) in [7, 11) is 1.44. The van der Waals surface area contributed by atoms with Gasteiger partial charge < -0.3 is 19.9 Å². The third-order valence-corrected chi connectivity index (χ3v) is 2.60. The average molecular weight is 261 g/mol. The molecule has 1 aliphatic heterocycles. The van der Waals surface area contributed by atoms with Crippen molar-refractivity contribution in [2.75, 3.05) is 32.2 Å². The predicted molar refractivity (Wildman–Crippen MR) is 60.3 cm³/mol. The van der Waals surface area contributed by atoms with Crippen molar-refractivity contribution in [3.8, 4) is 6.01 Å². The van der Waals surface area contributed by atoms with Crippen molar-refractivity contribution in [3.63, 3.8) is 0 Å². The van der Waals surface area contributed by atoms with E-state index in [-0.39, 0.29) is 23.8 Å². The third kappa shape index (κ3) is 3.15. The number of hydrogen-bond donors (Lipinski definition) is 2. The summed E-state index contributed by atoms with van der Waals surface area (Å²) >= 11 is 5.69. The van der Waals surface area contributed by atoms with Gasteiger partial charge in [0.2, 0.25) is 11.2 Å². The fourth-order valence-electron chi connectivity index (χ4n) is 1.48. The molecule has 1 aromatic heterocycles. The maximum absolute atomic E-state index is 10.0. The van der Waals surface area contributed by atoms with Crippen molar-refractivity contribution >= 4 is 17.5 Å². The second-order valence-electron chi connectivity index (χ2n) is 3.80. The maximum atomic E-state index is 10.0. The van der Waals surface area contributed by atoms with Gasteiger partial charge in [-0.05, 0) is 11.6 Å². The van der Waals surface area contributed by atoms with E-state index in [0.717, 1.165) is 0 Å². The van der Waals surface area contributed by atoms with E-state index in [2.05, 4.69) is 20.3 Å². The van der Waals surface area contributed by atoms with Gasteiger partial charge in [-0.1, -0.05) is 0 Å². The smallest absolute Gasteiger partial charge is 0.322 e. The van der Waals surface area contributed by atoms with E-state index in [1.54, 1.807) is 0 Å². The molecule has 0 bridgehead atoms. The summed E-state index contributed by atoms with van der Waals surface area (Å²) in [5, 5.41) is 12.9. The predicted octanol–water partition coefficient (Wildman–Crippen LogP) is 0.0969. The van der Waals surface area contributed by atoms with Gasteiger partial charge in [0.05, 0.1) is 13.7 Å². The van der Waals surface area contributed by atoms with E-state index in [0.29, 0.717) is 19.6 Å². The molecular formula is C9H13ClN4O3. The molecule has 1 fully saturated rings. The number of hydrogen-bond acceptors (Lipinski definition) is 7. The minimum absolute atomic E-state index is 0.0361. The summed E-state index contributed by atoms with van der Waals surface area (Å²) in [5.41, 5.74) is -0.883. The highest BCUT2D eigenvalue weighted by molar-refractivity contribution is 6.28. The monoisotopic (exact) mass is 260 g/mol. The zero-order chi connectivity index (χ0) is 12.3. The molecule has 7 nitrogen and oxygen atoms in total. The third-order valence-electron chi connectivity index (χ3n) is 2.43. The standard InChI is InChI=1S/C9H13ClN4O3/c1-16-8-13-6(10)12-7(14-8)11-4-9(15)2-3-17-5-9/h15H,2-5H2,1H3,(H,11,12,13,14). The number of halogens is 1. The van der Waals surface area contributed by atoms with E-state index in [1.165, 1.54) is 7.11 Å². The maximum Gasteiger partial charge on any atom is 0.322 e. The zero-order valence-corrected chi connectivity index (χ0v) is 10.1. The van der Waals surface area contributed by atoms with Crippen molar-refractivity contribution < 1.29 is 14.6 Å². The summed E-state index contributed by atoms with van der Waals surface area (Å²) in [6.07, 6.45) is 0.579. The molecule has 1 unspecified atom stereocenters. The van der Waals surface area contributed by atoms with Gasteiger partial charge in [-0.2, -0.15) is 15.0 Å². The number of aliphatic hydroxyl groups is 1. The Balaban J connectivity index is 2.00. The lowest BCUT2D eigenvalue weighted by atomic mass is 10.0. The van der Waals surface area contributed by atoms with E-state index in [1.807, 2.05) is 0 Å². The first kappa shape index (κ1) is 12.3. The minimum Gasteiger partial charge on any atom is -0.467 e. The van der Waals surface area contributed by atoms with Crippen LogP contribution in [0.1, 0.15) is 6.42 Å². The lowest BCUT2D eigenvalue weighted by molar-refractivity contribution is 0.0380. The van der Waals surface area contributed by atoms with E-state index < -0.39 is 5.60 Å². The van der Waals surface area contributed by atoms with Crippen LogP contribution in [0.4, 0.5) is 5.95 Å². The summed E-state index contributed by atoms with van der Waals surface area (Å²) in [6, 6.07) is 0.127. The van der Waals surface area contributed by atoms with Crippen molar-refractivity contribution in [2.45, 2.75) is 12.0 Å². The van der Waals surface area contributed by atoms with Crippen molar-refractivity contribution in [3.05, 3.63) is 5.28 Å². The Bertz CT molecular complexity index is 398. The van der Waals surface area contributed by atoms with Gasteiger partial charge in [0.25, 0.3) is 0 Å². The SMILES string of the molecule is COc1nc(Cl)nc(NCC2(O)CCOC2)n1. The van der Waals surface area contributed by atoms with Gasteiger partial charge in [0.15, 0.2) is 0 Å². The molecular weight excluding hydrogens is 248 g/mol. The molecule has 17 heavy (non-hydrogen) atoms. The fourth-order valence-corrected chi connectivity index (χ4v) is 1.63. The van der Waals surface area contributed by atoms with Crippen LogP contribution in [-0.4, -0.2) is 52.5 Å². The topological polar surface area (TPSA) is 89.4 Å². The van der Waals surface area contributed by atoms with Gasteiger partial charge >= 0.3 is 6.01 Å². The number of aromatic nitrogens is 3.